The van der Waals surface area contributed by atoms with Gasteiger partial charge in [-0.3, -0.25) is 0 Å². The fraction of sp³-hybridized carbons (Fsp3) is 0.115. The minimum Gasteiger partial charge on any atom is -0.423 e. The molecule has 0 aromatic heterocycles. The highest BCUT2D eigenvalue weighted by atomic mass is 16.6. The molecule has 0 saturated heterocycles. The third kappa shape index (κ3) is 15.0. The summed E-state index contributed by atoms with van der Waals surface area (Å²) >= 11 is 0. The number of carbonyl (C=O) groups excluding carboxylic acids is 6. The van der Waals surface area contributed by atoms with Crippen LogP contribution in [-0.2, 0) is 28.8 Å². The minimum atomic E-state index is -0.553. The Morgan fingerprint density at radius 3 is 0.877 bits per heavy atom. The van der Waals surface area contributed by atoms with Crippen molar-refractivity contribution in [3.8, 4) is 79.0 Å². The topological polar surface area (TPSA) is 158 Å². The lowest BCUT2D eigenvalue weighted by Crippen LogP contribution is -2.09. The highest BCUT2D eigenvalue weighted by Gasteiger charge is 2.19. The third-order valence-corrected chi connectivity index (χ3v) is 10.3. The van der Waals surface area contributed by atoms with Crippen molar-refractivity contribution in [2.75, 3.05) is 0 Å². The Kier molecular flexibility index (Phi) is 18.2. The average molecular weight is 979 g/mol. The van der Waals surface area contributed by atoms with Crippen molar-refractivity contribution in [1.82, 2.24) is 0 Å². The average Bonchev–Trinajstić information content (AvgIpc) is 3.35. The normalized spacial score (nSPS) is 10.2. The van der Waals surface area contributed by atoms with Crippen LogP contribution >= 0.6 is 0 Å². The molecular weight excluding hydrogens is 925 g/mol. The Balaban J connectivity index is 0.000000271. The Labute approximate surface area is 424 Å². The molecule has 0 amide bonds. The summed E-state index contributed by atoms with van der Waals surface area (Å²) in [6.07, 6.45) is 0. The van der Waals surface area contributed by atoms with Gasteiger partial charge in [0.25, 0.3) is 0 Å². The lowest BCUT2D eigenvalue weighted by molar-refractivity contribution is -0.130. The monoisotopic (exact) mass is 978 g/mol. The molecule has 0 fully saturated rings. The first-order valence-corrected chi connectivity index (χ1v) is 22.5. The van der Waals surface area contributed by atoms with Crippen molar-refractivity contribution >= 4 is 35.8 Å². The summed E-state index contributed by atoms with van der Waals surface area (Å²) < 4.78 is 32.4. The van der Waals surface area contributed by atoms with E-state index in [0.29, 0.717) is 67.9 Å². The molecule has 6 aromatic rings. The van der Waals surface area contributed by atoms with Crippen molar-refractivity contribution in [1.29, 1.82) is 0 Å². The smallest absolute Gasteiger partial charge is 0.338 e. The molecule has 0 aliphatic rings. The third-order valence-electron chi connectivity index (χ3n) is 10.3. The fourth-order valence-electron chi connectivity index (χ4n) is 6.31. The largest absolute Gasteiger partial charge is 0.423 e. The summed E-state index contributed by atoms with van der Waals surface area (Å²) in [5, 5.41) is 0. The van der Waals surface area contributed by atoms with Gasteiger partial charge in [-0.2, -0.15) is 0 Å². The first-order chi connectivity index (χ1) is 34.5. The van der Waals surface area contributed by atoms with E-state index in [1.165, 1.54) is 0 Å². The molecule has 6 rings (SSSR count). The van der Waals surface area contributed by atoms with Crippen LogP contribution in [-0.4, -0.2) is 35.8 Å². The number of rotatable bonds is 16. The summed E-state index contributed by atoms with van der Waals surface area (Å²) in [5.74, 6) is -0.903. The molecule has 0 atom stereocenters. The molecule has 12 heteroatoms. The number of esters is 6. The van der Waals surface area contributed by atoms with E-state index in [0.717, 1.165) is 38.9 Å². The maximum absolute atomic E-state index is 12.4. The molecule has 0 aliphatic carbocycles. The molecule has 0 saturated carbocycles. The van der Waals surface area contributed by atoms with Crippen LogP contribution < -0.4 is 28.4 Å². The second-order valence-electron chi connectivity index (χ2n) is 17.0. The van der Waals surface area contributed by atoms with Crippen molar-refractivity contribution in [2.24, 2.45) is 0 Å². The van der Waals surface area contributed by atoms with Crippen molar-refractivity contribution in [2.45, 2.75) is 48.5 Å². The summed E-state index contributed by atoms with van der Waals surface area (Å²) in [5.41, 5.74) is 8.80. The number of hydrogen-bond acceptors (Lipinski definition) is 12. The van der Waals surface area contributed by atoms with Crippen LogP contribution in [0.25, 0.3) is 44.5 Å². The van der Waals surface area contributed by atoms with Crippen LogP contribution in [0.3, 0.4) is 0 Å². The zero-order valence-electron chi connectivity index (χ0n) is 41.8. The molecule has 0 heterocycles. The van der Waals surface area contributed by atoms with Gasteiger partial charge < -0.3 is 28.4 Å². The molecule has 0 bridgehead atoms. The first-order valence-electron chi connectivity index (χ1n) is 22.5. The number of benzene rings is 6. The van der Waals surface area contributed by atoms with E-state index in [1.54, 1.807) is 139 Å². The molecule has 0 spiro atoms. The van der Waals surface area contributed by atoms with Gasteiger partial charge in [0.2, 0.25) is 0 Å². The summed E-state index contributed by atoms with van der Waals surface area (Å²) in [7, 11) is 0. The Bertz CT molecular complexity index is 3210. The van der Waals surface area contributed by atoms with Gasteiger partial charge in [-0.25, -0.2) is 28.8 Å². The Hall–Kier alpha value is -9.42. The number of carbonyl (C=O) groups is 6. The van der Waals surface area contributed by atoms with Crippen LogP contribution in [0, 0.1) is 6.92 Å². The number of aryl methyl sites for hydroxylation is 1. The molecule has 0 radical (unpaired) electrons. The standard InChI is InChI=1S/C31H28O6.C30H26O6/c1-18(2)29(32)35-24-12-8-22(9-13-24)26-17-28(37-31(34)20(5)6)27(16-21(26)7)23-10-14-25(15-11-23)36-30(33)19(3)4;1-18(2)28(31)34-24-12-7-21(8-13-24)23-11-16-26(27(17-23)36-30(33)20(5)6)22-9-14-25(15-10-22)35-29(32)19(3)4/h8-17H,1,3,5H2,2,4,6-7H3;7-17H,1,3,5H2,2,4,6H3. The molecule has 0 unspecified atom stereocenters. The van der Waals surface area contributed by atoms with Crippen molar-refractivity contribution in [3.05, 3.63) is 206 Å². The summed E-state index contributed by atoms with van der Waals surface area (Å²) in [6, 6.07) is 36.8. The summed E-state index contributed by atoms with van der Waals surface area (Å²) in [6.45, 7) is 33.0. The van der Waals surface area contributed by atoms with E-state index in [4.69, 9.17) is 28.4 Å². The molecule has 0 aliphatic heterocycles. The second-order valence-corrected chi connectivity index (χ2v) is 17.0. The van der Waals surface area contributed by atoms with Crippen molar-refractivity contribution < 1.29 is 57.2 Å². The van der Waals surface area contributed by atoms with E-state index in [2.05, 4.69) is 39.5 Å². The van der Waals surface area contributed by atoms with Gasteiger partial charge in [0.15, 0.2) is 0 Å². The van der Waals surface area contributed by atoms with E-state index in [1.807, 2.05) is 37.3 Å². The van der Waals surface area contributed by atoms with Crippen LogP contribution in [0.15, 0.2) is 200 Å². The SMILES string of the molecule is C=C(C)C(=O)Oc1ccc(-c2cc(OC(=O)C(=C)C)c(-c3ccc(OC(=O)C(=C)C)cc3)cc2C)cc1.C=C(C)C(=O)Oc1ccc(-c2ccc(-c3ccc(OC(=O)C(=C)C)cc3)c(OC(=O)C(=C)C)c2)cc1. The number of hydrogen-bond donors (Lipinski definition) is 0. The molecular formula is C61H54O12. The van der Waals surface area contributed by atoms with Crippen LogP contribution in [0.2, 0.25) is 0 Å². The van der Waals surface area contributed by atoms with Crippen molar-refractivity contribution in [3.63, 3.8) is 0 Å². The maximum Gasteiger partial charge on any atom is 0.338 e. The molecule has 6 aromatic carbocycles. The Morgan fingerprint density at radius 2 is 0.548 bits per heavy atom. The molecule has 12 nitrogen and oxygen atoms in total. The summed E-state index contributed by atoms with van der Waals surface area (Å²) in [4.78, 5) is 71.9. The van der Waals surface area contributed by atoms with Gasteiger partial charge in [-0.1, -0.05) is 100 Å². The van der Waals surface area contributed by atoms with E-state index >= 15 is 0 Å². The molecule has 73 heavy (non-hydrogen) atoms. The Morgan fingerprint density at radius 1 is 0.288 bits per heavy atom. The highest BCUT2D eigenvalue weighted by Crippen LogP contribution is 2.39. The zero-order valence-corrected chi connectivity index (χ0v) is 41.8. The lowest BCUT2D eigenvalue weighted by atomic mass is 9.94. The quantitative estimate of drug-likeness (QED) is 0.0514. The van der Waals surface area contributed by atoms with Crippen LogP contribution in [0.1, 0.15) is 47.1 Å². The predicted octanol–water partition coefficient (Wildman–Crippen LogP) is 13.2. The van der Waals surface area contributed by atoms with Crippen LogP contribution in [0.4, 0.5) is 0 Å². The fourth-order valence-corrected chi connectivity index (χ4v) is 6.31. The van der Waals surface area contributed by atoms with Gasteiger partial charge in [0.05, 0.1) is 0 Å². The zero-order chi connectivity index (χ0) is 53.7. The van der Waals surface area contributed by atoms with E-state index in [9.17, 15) is 28.8 Å². The first kappa shape index (κ1) is 54.5. The van der Waals surface area contributed by atoms with Crippen LogP contribution in [0.5, 0.6) is 34.5 Å². The minimum absolute atomic E-state index is 0.261. The molecule has 0 N–H and O–H groups in total. The number of ether oxygens (including phenoxy) is 6. The van der Waals surface area contributed by atoms with E-state index < -0.39 is 35.8 Å². The van der Waals surface area contributed by atoms with Gasteiger partial charge in [0.1, 0.15) is 34.5 Å². The molecule has 370 valence electrons. The van der Waals surface area contributed by atoms with E-state index in [-0.39, 0.29) is 11.1 Å². The lowest BCUT2D eigenvalue weighted by Gasteiger charge is -2.16. The van der Waals surface area contributed by atoms with Gasteiger partial charge >= 0.3 is 35.8 Å². The second kappa shape index (κ2) is 24.4. The maximum atomic E-state index is 12.4. The predicted molar refractivity (Wildman–Crippen MR) is 282 cm³/mol. The van der Waals surface area contributed by atoms with Gasteiger partial charge in [0, 0.05) is 44.6 Å². The highest BCUT2D eigenvalue weighted by molar-refractivity contribution is 5.93. The van der Waals surface area contributed by atoms with Gasteiger partial charge in [-0.05, 0) is 154 Å². The van der Waals surface area contributed by atoms with Gasteiger partial charge in [-0.15, -0.1) is 0 Å².